The van der Waals surface area contributed by atoms with Gasteiger partial charge in [-0.25, -0.2) is 0 Å². The number of carbonyl (C=O) groups excluding carboxylic acids is 1. The number of hydrogen-bond donors (Lipinski definition) is 0. The Hall–Kier alpha value is -3.35. The maximum atomic E-state index is 12.1. The molecule has 0 aliphatic carbocycles. The molecule has 2 aromatic carbocycles. The number of benzene rings is 2. The first-order chi connectivity index (χ1) is 13.4. The maximum absolute atomic E-state index is 12.1. The zero-order valence-electron chi connectivity index (χ0n) is 16.1. The molecule has 0 amide bonds. The molecule has 0 spiro atoms. The van der Waals surface area contributed by atoms with E-state index in [1.807, 2.05) is 32.0 Å². The van der Waals surface area contributed by atoms with Gasteiger partial charge in [-0.15, -0.1) is 0 Å². The Bertz CT molecular complexity index is 875. The quantitative estimate of drug-likeness (QED) is 0.210. The number of esters is 1. The van der Waals surface area contributed by atoms with E-state index >= 15 is 0 Å². The minimum Gasteiger partial charge on any atom is -0.493 e. The van der Waals surface area contributed by atoms with Crippen molar-refractivity contribution < 1.29 is 23.9 Å². The number of carbonyl (C=O) groups is 1. The Balaban J connectivity index is 1.86. The van der Waals surface area contributed by atoms with Crippen LogP contribution in [0.5, 0.6) is 17.2 Å². The minimum atomic E-state index is -0.555. The summed E-state index contributed by atoms with van der Waals surface area (Å²) in [6.07, 6.45) is 2.87. The summed E-state index contributed by atoms with van der Waals surface area (Å²) in [7, 11) is 1.44. The molecule has 2 rings (SSSR count). The molecule has 0 atom stereocenters. The normalized spacial score (nSPS) is 10.7. The van der Waals surface area contributed by atoms with Gasteiger partial charge in [0, 0.05) is 12.5 Å². The number of ether oxygens (including phenoxy) is 3. The number of methoxy groups -OCH3 is 1. The molecular weight excluding hydrogens is 362 g/mol. The molecule has 0 aromatic heterocycles. The fraction of sp³-hybridized carbons (Fsp3) is 0.286. The Morgan fingerprint density at radius 1 is 1.11 bits per heavy atom. The molecule has 0 saturated carbocycles. The zero-order chi connectivity index (χ0) is 20.5. The van der Waals surface area contributed by atoms with E-state index in [1.54, 1.807) is 18.2 Å². The zero-order valence-corrected chi connectivity index (χ0v) is 16.1. The van der Waals surface area contributed by atoms with Crippen LogP contribution in [0.25, 0.3) is 6.08 Å². The molecule has 0 fully saturated rings. The van der Waals surface area contributed by atoms with Gasteiger partial charge in [-0.1, -0.05) is 18.2 Å². The van der Waals surface area contributed by atoms with E-state index in [0.717, 1.165) is 23.1 Å². The summed E-state index contributed by atoms with van der Waals surface area (Å²) in [6.45, 7) is 4.37. The van der Waals surface area contributed by atoms with Crippen LogP contribution < -0.4 is 14.2 Å². The summed E-state index contributed by atoms with van der Waals surface area (Å²) < 4.78 is 16.3. The third-order valence-corrected chi connectivity index (χ3v) is 3.93. The monoisotopic (exact) mass is 385 g/mol. The number of nitrogens with zero attached hydrogens (tertiary/aromatic N) is 1. The van der Waals surface area contributed by atoms with Gasteiger partial charge in [0.25, 0.3) is 0 Å². The highest BCUT2D eigenvalue weighted by atomic mass is 16.6. The first kappa shape index (κ1) is 21.0. The van der Waals surface area contributed by atoms with E-state index in [4.69, 9.17) is 14.2 Å². The summed E-state index contributed by atoms with van der Waals surface area (Å²) in [5.74, 6) is 0.997. The Morgan fingerprint density at radius 2 is 1.89 bits per heavy atom. The Kier molecular flexibility index (Phi) is 7.56. The fourth-order valence-corrected chi connectivity index (χ4v) is 2.45. The van der Waals surface area contributed by atoms with E-state index in [1.165, 1.54) is 13.2 Å². The Labute approximate surface area is 163 Å². The smallest absolute Gasteiger partial charge is 0.311 e. The lowest BCUT2D eigenvalue weighted by Crippen LogP contribution is -2.11. The van der Waals surface area contributed by atoms with Crippen molar-refractivity contribution in [3.05, 3.63) is 69.4 Å². The lowest BCUT2D eigenvalue weighted by Gasteiger charge is -2.11. The number of hydrogen-bond acceptors (Lipinski definition) is 6. The summed E-state index contributed by atoms with van der Waals surface area (Å²) in [5, 5.41) is 10.4. The van der Waals surface area contributed by atoms with Crippen molar-refractivity contribution in [3.8, 4) is 17.2 Å². The molecule has 28 heavy (non-hydrogen) atoms. The average Bonchev–Trinajstić information content (AvgIpc) is 2.66. The lowest BCUT2D eigenvalue weighted by molar-refractivity contribution is -0.400. The second-order valence-corrected chi connectivity index (χ2v) is 6.21. The highest BCUT2D eigenvalue weighted by molar-refractivity contribution is 5.73. The third kappa shape index (κ3) is 6.42. The van der Waals surface area contributed by atoms with Gasteiger partial charge in [0.15, 0.2) is 11.5 Å². The van der Waals surface area contributed by atoms with Crippen molar-refractivity contribution in [2.75, 3.05) is 13.7 Å². The van der Waals surface area contributed by atoms with Gasteiger partial charge in [0.05, 0.1) is 18.6 Å². The highest BCUT2D eigenvalue weighted by Crippen LogP contribution is 2.29. The number of aryl methyl sites for hydroxylation is 2. The molecule has 0 saturated heterocycles. The van der Waals surface area contributed by atoms with Gasteiger partial charge in [-0.3, -0.25) is 14.9 Å². The van der Waals surface area contributed by atoms with Crippen molar-refractivity contribution >= 4 is 12.0 Å². The third-order valence-electron chi connectivity index (χ3n) is 3.93. The van der Waals surface area contributed by atoms with Crippen LogP contribution in [0, 0.1) is 24.0 Å². The molecule has 0 heterocycles. The number of rotatable bonds is 9. The van der Waals surface area contributed by atoms with Crippen LogP contribution in [0.1, 0.15) is 29.5 Å². The van der Waals surface area contributed by atoms with Crippen LogP contribution >= 0.6 is 0 Å². The molecule has 0 bridgehead atoms. The van der Waals surface area contributed by atoms with E-state index < -0.39 is 10.9 Å². The van der Waals surface area contributed by atoms with Crippen molar-refractivity contribution in [3.63, 3.8) is 0 Å². The highest BCUT2D eigenvalue weighted by Gasteiger charge is 2.11. The molecule has 0 radical (unpaired) electrons. The van der Waals surface area contributed by atoms with E-state index in [0.29, 0.717) is 24.3 Å². The topological polar surface area (TPSA) is 87.9 Å². The molecule has 0 N–H and O–H groups in total. The first-order valence-electron chi connectivity index (χ1n) is 8.79. The van der Waals surface area contributed by atoms with Crippen LogP contribution in [0.4, 0.5) is 0 Å². The van der Waals surface area contributed by atoms with Crippen LogP contribution in [0.15, 0.2) is 42.6 Å². The predicted molar refractivity (Wildman–Crippen MR) is 105 cm³/mol. The van der Waals surface area contributed by atoms with Gasteiger partial charge in [-0.2, -0.15) is 0 Å². The first-order valence-corrected chi connectivity index (χ1v) is 8.79. The molecule has 0 unspecified atom stereocenters. The van der Waals surface area contributed by atoms with Crippen molar-refractivity contribution in [1.82, 2.24) is 0 Å². The SMILES string of the molecule is COc1cc(/C=C/[N+](=O)[O-])ccc1OC(=O)CCCOc1cc(C)ccc1C. The van der Waals surface area contributed by atoms with E-state index in [9.17, 15) is 14.9 Å². The second-order valence-electron chi connectivity index (χ2n) is 6.21. The Morgan fingerprint density at radius 3 is 2.61 bits per heavy atom. The second kappa shape index (κ2) is 10.1. The lowest BCUT2D eigenvalue weighted by atomic mass is 10.1. The summed E-state index contributed by atoms with van der Waals surface area (Å²) in [5.41, 5.74) is 2.73. The molecule has 0 aliphatic rings. The van der Waals surface area contributed by atoms with Crippen molar-refractivity contribution in [2.24, 2.45) is 0 Å². The standard InChI is InChI=1S/C21H23NO6/c1-15-6-7-16(2)19(13-15)27-12-4-5-21(23)28-18-9-8-17(10-11-22(24)25)14-20(18)26-3/h6-11,13-14H,4-5,12H2,1-3H3/b11-10+. The number of nitro groups is 1. The predicted octanol–water partition coefficient (Wildman–Crippen LogP) is 4.32. The van der Waals surface area contributed by atoms with Gasteiger partial charge < -0.3 is 14.2 Å². The molecule has 2 aromatic rings. The van der Waals surface area contributed by atoms with Gasteiger partial charge in [-0.05, 0) is 55.2 Å². The van der Waals surface area contributed by atoms with E-state index in [-0.39, 0.29) is 12.2 Å². The molecule has 0 aliphatic heterocycles. The van der Waals surface area contributed by atoms with Crippen LogP contribution in [-0.2, 0) is 4.79 Å². The van der Waals surface area contributed by atoms with E-state index in [2.05, 4.69) is 0 Å². The molecule has 148 valence electrons. The average molecular weight is 385 g/mol. The van der Waals surface area contributed by atoms with Crippen molar-refractivity contribution in [2.45, 2.75) is 26.7 Å². The summed E-state index contributed by atoms with van der Waals surface area (Å²) >= 11 is 0. The maximum Gasteiger partial charge on any atom is 0.311 e. The fourth-order valence-electron chi connectivity index (χ4n) is 2.45. The molecule has 7 heteroatoms. The van der Waals surface area contributed by atoms with Gasteiger partial charge in [0.1, 0.15) is 5.75 Å². The minimum absolute atomic E-state index is 0.191. The largest absolute Gasteiger partial charge is 0.493 e. The molecule has 7 nitrogen and oxygen atoms in total. The summed E-state index contributed by atoms with van der Waals surface area (Å²) in [4.78, 5) is 21.9. The van der Waals surface area contributed by atoms with Gasteiger partial charge >= 0.3 is 5.97 Å². The van der Waals surface area contributed by atoms with Crippen LogP contribution in [-0.4, -0.2) is 24.6 Å². The van der Waals surface area contributed by atoms with Crippen LogP contribution in [0.2, 0.25) is 0 Å². The van der Waals surface area contributed by atoms with Gasteiger partial charge in [0.2, 0.25) is 6.20 Å². The molecular formula is C21H23NO6. The summed E-state index contributed by atoms with van der Waals surface area (Å²) in [6, 6.07) is 10.7. The van der Waals surface area contributed by atoms with Crippen LogP contribution in [0.3, 0.4) is 0 Å². The van der Waals surface area contributed by atoms with Crippen molar-refractivity contribution in [1.29, 1.82) is 0 Å².